The molecular weight excluding hydrogens is 306 g/mol. The van der Waals surface area contributed by atoms with Crippen LogP contribution in [0.15, 0.2) is 28.7 Å². The van der Waals surface area contributed by atoms with E-state index in [2.05, 4.69) is 28.2 Å². The molecule has 3 nitrogen and oxygen atoms in total. The lowest BCUT2D eigenvalue weighted by Crippen LogP contribution is -2.34. The van der Waals surface area contributed by atoms with Crippen LogP contribution in [0.2, 0.25) is 0 Å². The highest BCUT2D eigenvalue weighted by Gasteiger charge is 2.39. The fourth-order valence-corrected chi connectivity index (χ4v) is 2.52. The van der Waals surface area contributed by atoms with Crippen molar-refractivity contribution in [3.63, 3.8) is 0 Å². The number of aliphatic hydroxyl groups excluding tert-OH is 1. The molecule has 2 N–H and O–H groups in total. The second kappa shape index (κ2) is 6.73. The van der Waals surface area contributed by atoms with E-state index in [0.717, 1.165) is 16.8 Å². The Morgan fingerprint density at radius 1 is 1.47 bits per heavy atom. The Balaban J connectivity index is 1.63. The first kappa shape index (κ1) is 14.8. The maximum absolute atomic E-state index is 9.87. The molecule has 1 fully saturated rings. The Kier molecular flexibility index (Phi) is 5.25. The molecule has 1 aliphatic carbocycles. The smallest absolute Gasteiger partial charge is 0.120 e. The highest BCUT2D eigenvalue weighted by molar-refractivity contribution is 9.10. The molecule has 1 unspecified atom stereocenters. The van der Waals surface area contributed by atoms with Crippen LogP contribution in [0.4, 0.5) is 0 Å². The maximum atomic E-state index is 9.87. The molecule has 0 bridgehead atoms. The van der Waals surface area contributed by atoms with E-state index in [1.165, 1.54) is 19.3 Å². The zero-order chi connectivity index (χ0) is 13.7. The van der Waals surface area contributed by atoms with Crippen LogP contribution in [0.1, 0.15) is 26.2 Å². The highest BCUT2D eigenvalue weighted by atomic mass is 79.9. The predicted molar refractivity (Wildman–Crippen MR) is 80.5 cm³/mol. The second-order valence-electron chi connectivity index (χ2n) is 5.41. The van der Waals surface area contributed by atoms with Gasteiger partial charge in [-0.05, 0) is 42.9 Å². The fourth-order valence-electron chi connectivity index (χ4n) is 2.14. The standard InChI is InChI=1S/C15H22BrNO2/c1-2-15(6-7-15)11-17-9-13(18)10-19-14-5-3-4-12(16)8-14/h3-5,8,13,17-18H,2,6-7,9-11H2,1H3. The van der Waals surface area contributed by atoms with Gasteiger partial charge in [-0.15, -0.1) is 0 Å². The molecule has 1 aliphatic rings. The Morgan fingerprint density at radius 2 is 2.26 bits per heavy atom. The van der Waals surface area contributed by atoms with E-state index in [0.29, 0.717) is 18.6 Å². The van der Waals surface area contributed by atoms with E-state index >= 15 is 0 Å². The number of hydrogen-bond donors (Lipinski definition) is 2. The van der Waals surface area contributed by atoms with Crippen LogP contribution in [0.5, 0.6) is 5.75 Å². The summed E-state index contributed by atoms with van der Waals surface area (Å²) in [5.74, 6) is 0.778. The predicted octanol–water partition coefficient (Wildman–Crippen LogP) is 2.97. The van der Waals surface area contributed by atoms with Gasteiger partial charge in [0.2, 0.25) is 0 Å². The fraction of sp³-hybridized carbons (Fsp3) is 0.600. The Labute approximate surface area is 123 Å². The van der Waals surface area contributed by atoms with Gasteiger partial charge in [0.15, 0.2) is 0 Å². The van der Waals surface area contributed by atoms with Crippen molar-refractivity contribution in [3.05, 3.63) is 28.7 Å². The quantitative estimate of drug-likeness (QED) is 0.771. The molecule has 0 aromatic heterocycles. The van der Waals surface area contributed by atoms with Crippen LogP contribution in [0.3, 0.4) is 0 Å². The summed E-state index contributed by atoms with van der Waals surface area (Å²) >= 11 is 3.39. The molecule has 106 valence electrons. The van der Waals surface area contributed by atoms with E-state index in [9.17, 15) is 5.11 Å². The topological polar surface area (TPSA) is 41.5 Å². The number of aliphatic hydroxyl groups is 1. The minimum atomic E-state index is -0.466. The lowest BCUT2D eigenvalue weighted by Gasteiger charge is -2.17. The van der Waals surface area contributed by atoms with E-state index in [-0.39, 0.29) is 0 Å². The van der Waals surface area contributed by atoms with Crippen LogP contribution >= 0.6 is 15.9 Å². The first-order valence-corrected chi connectivity index (χ1v) is 7.70. The lowest BCUT2D eigenvalue weighted by atomic mass is 10.0. The molecule has 1 aromatic rings. The third-order valence-electron chi connectivity index (χ3n) is 3.83. The van der Waals surface area contributed by atoms with Crippen molar-refractivity contribution >= 4 is 15.9 Å². The zero-order valence-electron chi connectivity index (χ0n) is 11.4. The third-order valence-corrected chi connectivity index (χ3v) is 4.32. The summed E-state index contributed by atoms with van der Waals surface area (Å²) in [7, 11) is 0. The van der Waals surface area contributed by atoms with E-state index in [1.54, 1.807) is 0 Å². The number of nitrogens with one attached hydrogen (secondary N) is 1. The maximum Gasteiger partial charge on any atom is 0.120 e. The summed E-state index contributed by atoms with van der Waals surface area (Å²) in [4.78, 5) is 0. The van der Waals surface area contributed by atoms with E-state index in [1.807, 2.05) is 24.3 Å². The molecule has 1 aromatic carbocycles. The average Bonchev–Trinajstić information content (AvgIpc) is 3.17. The summed E-state index contributed by atoms with van der Waals surface area (Å²) in [5, 5.41) is 13.2. The van der Waals surface area contributed by atoms with Crippen molar-refractivity contribution in [3.8, 4) is 5.75 Å². The normalized spacial score (nSPS) is 18.1. The zero-order valence-corrected chi connectivity index (χ0v) is 12.9. The van der Waals surface area contributed by atoms with Crippen LogP contribution in [0.25, 0.3) is 0 Å². The molecule has 0 aliphatic heterocycles. The second-order valence-corrected chi connectivity index (χ2v) is 6.32. The van der Waals surface area contributed by atoms with Gasteiger partial charge in [-0.25, -0.2) is 0 Å². The molecule has 0 amide bonds. The molecular formula is C15H22BrNO2. The third kappa shape index (κ3) is 4.79. The van der Waals surface area contributed by atoms with Crippen molar-refractivity contribution in [2.24, 2.45) is 5.41 Å². The van der Waals surface area contributed by atoms with Gasteiger partial charge >= 0.3 is 0 Å². The highest BCUT2D eigenvalue weighted by Crippen LogP contribution is 2.47. The summed E-state index contributed by atoms with van der Waals surface area (Å²) in [6.07, 6.45) is 3.40. The number of hydrogen-bond acceptors (Lipinski definition) is 3. The number of ether oxygens (including phenoxy) is 1. The molecule has 0 spiro atoms. The Hall–Kier alpha value is -0.580. The van der Waals surface area contributed by atoms with E-state index in [4.69, 9.17) is 4.74 Å². The minimum Gasteiger partial charge on any atom is -0.491 e. The Morgan fingerprint density at radius 3 is 2.89 bits per heavy atom. The molecule has 0 radical (unpaired) electrons. The summed E-state index contributed by atoms with van der Waals surface area (Å²) in [6.45, 7) is 4.16. The first-order valence-electron chi connectivity index (χ1n) is 6.91. The lowest BCUT2D eigenvalue weighted by molar-refractivity contribution is 0.105. The molecule has 0 saturated heterocycles. The number of rotatable bonds is 8. The van der Waals surface area contributed by atoms with Crippen molar-refractivity contribution < 1.29 is 9.84 Å². The van der Waals surface area contributed by atoms with Gasteiger partial charge in [0.1, 0.15) is 18.5 Å². The summed E-state index contributed by atoms with van der Waals surface area (Å²) in [6, 6.07) is 7.66. The molecule has 1 atom stereocenters. The average molecular weight is 328 g/mol. The van der Waals surface area contributed by atoms with Crippen molar-refractivity contribution in [2.75, 3.05) is 19.7 Å². The monoisotopic (exact) mass is 327 g/mol. The molecule has 19 heavy (non-hydrogen) atoms. The molecule has 4 heteroatoms. The van der Waals surface area contributed by atoms with Gasteiger partial charge in [0.05, 0.1) is 0 Å². The first-order chi connectivity index (χ1) is 9.13. The van der Waals surface area contributed by atoms with Gasteiger partial charge < -0.3 is 15.2 Å². The van der Waals surface area contributed by atoms with Crippen LogP contribution < -0.4 is 10.1 Å². The molecule has 0 heterocycles. The van der Waals surface area contributed by atoms with Gasteiger partial charge in [0.25, 0.3) is 0 Å². The van der Waals surface area contributed by atoms with Crippen LogP contribution in [-0.4, -0.2) is 30.9 Å². The van der Waals surface area contributed by atoms with E-state index < -0.39 is 6.10 Å². The van der Waals surface area contributed by atoms with Crippen LogP contribution in [0, 0.1) is 5.41 Å². The SMILES string of the molecule is CCC1(CNCC(O)COc2cccc(Br)c2)CC1. The van der Waals surface area contributed by atoms with Gasteiger partial charge in [-0.2, -0.15) is 0 Å². The van der Waals surface area contributed by atoms with Gasteiger partial charge in [0, 0.05) is 17.6 Å². The van der Waals surface area contributed by atoms with Gasteiger partial charge in [-0.1, -0.05) is 28.9 Å². The van der Waals surface area contributed by atoms with Crippen LogP contribution in [-0.2, 0) is 0 Å². The summed E-state index contributed by atoms with van der Waals surface area (Å²) < 4.78 is 6.54. The minimum absolute atomic E-state index is 0.322. The molecule has 2 rings (SSSR count). The van der Waals surface area contributed by atoms with Crippen molar-refractivity contribution in [2.45, 2.75) is 32.3 Å². The largest absolute Gasteiger partial charge is 0.491 e. The van der Waals surface area contributed by atoms with Crippen molar-refractivity contribution in [1.82, 2.24) is 5.32 Å². The number of halogens is 1. The Bertz CT molecular complexity index is 407. The van der Waals surface area contributed by atoms with Gasteiger partial charge in [-0.3, -0.25) is 0 Å². The molecule has 1 saturated carbocycles. The number of benzene rings is 1. The summed E-state index contributed by atoms with van der Waals surface area (Å²) in [5.41, 5.74) is 0.519. The van der Waals surface area contributed by atoms with Crippen molar-refractivity contribution in [1.29, 1.82) is 0 Å².